The summed E-state index contributed by atoms with van der Waals surface area (Å²) in [5, 5.41) is 0. The first-order valence-corrected chi connectivity index (χ1v) is 11.3. The van der Waals surface area contributed by atoms with E-state index in [2.05, 4.69) is 56.0 Å². The van der Waals surface area contributed by atoms with E-state index in [0.29, 0.717) is 19.3 Å². The van der Waals surface area contributed by atoms with Crippen LogP contribution in [-0.4, -0.2) is 59.4 Å². The molecule has 0 aromatic rings. The van der Waals surface area contributed by atoms with Crippen LogP contribution in [0.3, 0.4) is 0 Å². The van der Waals surface area contributed by atoms with Gasteiger partial charge in [0, 0.05) is 20.1 Å². The molecule has 186 valence electrons. The fraction of sp³-hybridized carbons (Fsp3) is 0.556. The number of allylic oxidation sites excluding steroid dienone is 6. The highest BCUT2D eigenvalue weighted by molar-refractivity contribution is 5.33. The summed E-state index contributed by atoms with van der Waals surface area (Å²) in [5.74, 6) is 3.02. The van der Waals surface area contributed by atoms with Gasteiger partial charge >= 0.3 is 0 Å². The van der Waals surface area contributed by atoms with Gasteiger partial charge in [0.2, 0.25) is 0 Å². The van der Waals surface area contributed by atoms with Crippen LogP contribution in [0.2, 0.25) is 0 Å². The molecule has 1 fully saturated rings. The van der Waals surface area contributed by atoms with Gasteiger partial charge in [-0.15, -0.1) is 12.8 Å². The Balaban J connectivity index is 0.000000776. The Morgan fingerprint density at radius 3 is 2.33 bits per heavy atom. The Bertz CT molecular complexity index is 722. The highest BCUT2D eigenvalue weighted by atomic mass is 16.7. The lowest BCUT2D eigenvalue weighted by Gasteiger charge is -2.35. The van der Waals surface area contributed by atoms with Crippen molar-refractivity contribution in [1.29, 1.82) is 0 Å². The number of methoxy groups -OCH3 is 3. The number of fused-ring (bicyclic) bond motifs is 1. The SMILES string of the molecule is C#C.C/C=C1\COCO1.CC.COC1=C(OC)CC2C/C=C\C(C)=C/CN(C)C(OC)C2=C1. The molecule has 1 aliphatic carbocycles. The molecule has 0 amide bonds. The lowest BCUT2D eigenvalue weighted by atomic mass is 9.85. The molecule has 0 radical (unpaired) electrons. The van der Waals surface area contributed by atoms with E-state index in [1.165, 1.54) is 11.1 Å². The van der Waals surface area contributed by atoms with Gasteiger partial charge in [0.25, 0.3) is 0 Å². The molecule has 6 nitrogen and oxygen atoms in total. The summed E-state index contributed by atoms with van der Waals surface area (Å²) in [5.41, 5.74) is 2.53. The quantitative estimate of drug-likeness (QED) is 0.523. The van der Waals surface area contributed by atoms with E-state index in [1.54, 1.807) is 21.3 Å². The fourth-order valence-corrected chi connectivity index (χ4v) is 3.55. The Morgan fingerprint density at radius 2 is 1.85 bits per heavy atom. The topological polar surface area (TPSA) is 49.4 Å². The largest absolute Gasteiger partial charge is 0.497 e. The third-order valence-electron chi connectivity index (χ3n) is 5.25. The van der Waals surface area contributed by atoms with Crippen molar-refractivity contribution in [3.05, 3.63) is 58.8 Å². The van der Waals surface area contributed by atoms with Crippen molar-refractivity contribution in [2.75, 3.05) is 48.3 Å². The third-order valence-corrected chi connectivity index (χ3v) is 5.25. The van der Waals surface area contributed by atoms with Crippen LogP contribution in [0.25, 0.3) is 0 Å². The van der Waals surface area contributed by atoms with Crippen LogP contribution in [0.15, 0.2) is 58.8 Å². The van der Waals surface area contributed by atoms with Gasteiger partial charge in [-0.25, -0.2) is 0 Å². The first-order chi connectivity index (χ1) is 16.0. The molecule has 2 atom stereocenters. The minimum atomic E-state index is -0.0518. The minimum absolute atomic E-state index is 0.0518. The summed E-state index contributed by atoms with van der Waals surface area (Å²) >= 11 is 0. The molecule has 0 spiro atoms. The molecular formula is C27H43NO5. The van der Waals surface area contributed by atoms with Crippen LogP contribution in [0.4, 0.5) is 0 Å². The molecule has 6 heteroatoms. The summed E-state index contributed by atoms with van der Waals surface area (Å²) in [6.45, 7) is 10.00. The zero-order valence-electron chi connectivity index (χ0n) is 21.7. The predicted molar refractivity (Wildman–Crippen MR) is 135 cm³/mol. The average molecular weight is 462 g/mol. The van der Waals surface area contributed by atoms with Gasteiger partial charge in [-0.2, -0.15) is 0 Å². The minimum Gasteiger partial charge on any atom is -0.497 e. The summed E-state index contributed by atoms with van der Waals surface area (Å²) in [6.07, 6.45) is 20.4. The highest BCUT2D eigenvalue weighted by Gasteiger charge is 2.31. The number of nitrogens with zero attached hydrogens (tertiary/aromatic N) is 1. The maximum atomic E-state index is 5.79. The van der Waals surface area contributed by atoms with E-state index in [0.717, 1.165) is 36.7 Å². The first kappa shape index (κ1) is 30.5. The van der Waals surface area contributed by atoms with Crippen LogP contribution in [0.1, 0.15) is 40.5 Å². The van der Waals surface area contributed by atoms with Crippen LogP contribution in [0, 0.1) is 18.8 Å². The maximum absolute atomic E-state index is 5.79. The smallest absolute Gasteiger partial charge is 0.189 e. The average Bonchev–Trinajstić information content (AvgIpc) is 3.40. The van der Waals surface area contributed by atoms with Crippen LogP contribution in [-0.2, 0) is 23.7 Å². The van der Waals surface area contributed by atoms with Crippen molar-refractivity contribution in [3.8, 4) is 12.8 Å². The Hall–Kier alpha value is -2.46. The standard InChI is InChI=1S/C18H27NO3.C5H8O2.C2H6.C2H2/c1-13-7-6-8-14-11-16(20-3)17(21-4)12-15(14)18(22-5)19(2)10-9-13;1-2-5-3-6-4-7-5;2*1-2/h6-7,9,12,14,18H,8,10-11H2,1-5H3;2H,3-4H2,1H3;1-2H3;1-2H/b7-6-,13-9-;5-2+;;. The third kappa shape index (κ3) is 9.91. The number of terminal acetylenes is 1. The monoisotopic (exact) mass is 461 g/mol. The predicted octanol–water partition coefficient (Wildman–Crippen LogP) is 5.42. The van der Waals surface area contributed by atoms with Gasteiger partial charge in [-0.3, -0.25) is 4.90 Å². The van der Waals surface area contributed by atoms with Crippen molar-refractivity contribution in [2.24, 2.45) is 5.92 Å². The van der Waals surface area contributed by atoms with Crippen LogP contribution < -0.4 is 0 Å². The molecule has 0 bridgehead atoms. The van der Waals surface area contributed by atoms with Gasteiger partial charge in [0.15, 0.2) is 12.6 Å². The number of likely N-dealkylation sites (N-methyl/N-ethyl adjacent to an activating group) is 1. The van der Waals surface area contributed by atoms with Crippen LogP contribution >= 0.6 is 0 Å². The Labute approximate surface area is 201 Å². The molecular weight excluding hydrogens is 418 g/mol. The van der Waals surface area contributed by atoms with Crippen molar-refractivity contribution >= 4 is 0 Å². The summed E-state index contributed by atoms with van der Waals surface area (Å²) in [4.78, 5) is 2.21. The molecule has 33 heavy (non-hydrogen) atoms. The van der Waals surface area contributed by atoms with Crippen LogP contribution in [0.5, 0.6) is 0 Å². The second-order valence-corrected chi connectivity index (χ2v) is 7.22. The fourth-order valence-electron chi connectivity index (χ4n) is 3.55. The zero-order valence-corrected chi connectivity index (χ0v) is 21.7. The molecule has 3 rings (SSSR count). The highest BCUT2D eigenvalue weighted by Crippen LogP contribution is 2.36. The number of hydrogen-bond acceptors (Lipinski definition) is 6. The van der Waals surface area contributed by atoms with E-state index >= 15 is 0 Å². The molecule has 0 aromatic carbocycles. The van der Waals surface area contributed by atoms with Crippen molar-refractivity contribution in [3.63, 3.8) is 0 Å². The number of rotatable bonds is 3. The van der Waals surface area contributed by atoms with E-state index < -0.39 is 0 Å². The van der Waals surface area contributed by atoms with Gasteiger partial charge < -0.3 is 23.7 Å². The van der Waals surface area contributed by atoms with E-state index in [4.69, 9.17) is 23.7 Å². The van der Waals surface area contributed by atoms with E-state index in [-0.39, 0.29) is 6.23 Å². The molecule has 2 unspecified atom stereocenters. The summed E-state index contributed by atoms with van der Waals surface area (Å²) in [7, 11) is 7.24. The molecule has 2 aliphatic heterocycles. The number of ether oxygens (including phenoxy) is 5. The summed E-state index contributed by atoms with van der Waals surface area (Å²) < 4.78 is 26.6. The second kappa shape index (κ2) is 18.0. The lowest BCUT2D eigenvalue weighted by molar-refractivity contribution is 0.00724. The first-order valence-electron chi connectivity index (χ1n) is 11.3. The zero-order chi connectivity index (χ0) is 25.2. The molecule has 0 N–H and O–H groups in total. The van der Waals surface area contributed by atoms with E-state index in [9.17, 15) is 0 Å². The molecule has 0 aromatic heterocycles. The van der Waals surface area contributed by atoms with Gasteiger partial charge in [0.1, 0.15) is 24.4 Å². The Morgan fingerprint density at radius 1 is 1.15 bits per heavy atom. The van der Waals surface area contributed by atoms with Crippen molar-refractivity contribution in [2.45, 2.75) is 46.8 Å². The van der Waals surface area contributed by atoms with Crippen molar-refractivity contribution < 1.29 is 23.7 Å². The summed E-state index contributed by atoms with van der Waals surface area (Å²) in [6, 6.07) is 0. The molecule has 3 aliphatic rings. The molecule has 1 saturated heterocycles. The van der Waals surface area contributed by atoms with Gasteiger partial charge in [0.05, 0.1) is 14.2 Å². The maximum Gasteiger partial charge on any atom is 0.189 e. The van der Waals surface area contributed by atoms with Crippen molar-refractivity contribution in [1.82, 2.24) is 4.90 Å². The molecule has 0 saturated carbocycles. The van der Waals surface area contributed by atoms with E-state index in [1.807, 2.05) is 26.8 Å². The molecule has 2 heterocycles. The van der Waals surface area contributed by atoms with Gasteiger partial charge in [-0.05, 0) is 51.0 Å². The second-order valence-electron chi connectivity index (χ2n) is 7.22. The normalized spacial score (nSPS) is 26.2. The number of hydrogen-bond donors (Lipinski definition) is 0. The van der Waals surface area contributed by atoms with Gasteiger partial charge in [-0.1, -0.05) is 37.6 Å². The Kier molecular flexibility index (Phi) is 16.7. The lowest BCUT2D eigenvalue weighted by Crippen LogP contribution is -2.38.